The average molecular weight is 423 g/mol. The van der Waals surface area contributed by atoms with E-state index in [4.69, 9.17) is 11.6 Å². The molecule has 2 aromatic carbocycles. The maximum Gasteiger partial charge on any atom is 0.234 e. The summed E-state index contributed by atoms with van der Waals surface area (Å²) in [5.74, 6) is 0.150. The summed E-state index contributed by atoms with van der Waals surface area (Å²) < 4.78 is 1.80. The fraction of sp³-hybridized carbons (Fsp3) is 0.136. The van der Waals surface area contributed by atoms with Gasteiger partial charge in [0.15, 0.2) is 0 Å². The van der Waals surface area contributed by atoms with Crippen LogP contribution in [0.15, 0.2) is 72.0 Å². The number of benzene rings is 2. The topological polar surface area (TPSA) is 59.3 Å². The second-order valence-corrected chi connectivity index (χ2v) is 7.89. The van der Waals surface area contributed by atoms with Gasteiger partial charge in [0.25, 0.3) is 0 Å². The molecule has 0 saturated carbocycles. The van der Waals surface area contributed by atoms with Crippen LogP contribution in [0.2, 0.25) is 5.02 Å². The normalized spacial score (nSPS) is 11.0. The molecule has 0 spiro atoms. The van der Waals surface area contributed by atoms with Gasteiger partial charge in [-0.15, -0.1) is 0 Å². The number of hydrogen-bond donors (Lipinski definition) is 1. The molecular formula is C22H19ClN4OS. The van der Waals surface area contributed by atoms with E-state index >= 15 is 0 Å². The zero-order chi connectivity index (χ0) is 20.2. The van der Waals surface area contributed by atoms with Crippen LogP contribution in [0.1, 0.15) is 12.5 Å². The van der Waals surface area contributed by atoms with Crippen molar-refractivity contribution in [1.29, 1.82) is 0 Å². The van der Waals surface area contributed by atoms with Crippen LogP contribution < -0.4 is 5.32 Å². The quantitative estimate of drug-likeness (QED) is 0.426. The van der Waals surface area contributed by atoms with Crippen molar-refractivity contribution < 1.29 is 4.79 Å². The van der Waals surface area contributed by atoms with Gasteiger partial charge in [-0.05, 0) is 42.3 Å². The highest BCUT2D eigenvalue weighted by Crippen LogP contribution is 2.26. The van der Waals surface area contributed by atoms with Gasteiger partial charge in [-0.1, -0.05) is 54.6 Å². The van der Waals surface area contributed by atoms with Crippen molar-refractivity contribution in [2.75, 3.05) is 11.1 Å². The zero-order valence-corrected chi connectivity index (χ0v) is 17.4. The summed E-state index contributed by atoms with van der Waals surface area (Å²) in [5.41, 5.74) is 4.83. The molecule has 5 nitrogen and oxygen atoms in total. The van der Waals surface area contributed by atoms with E-state index in [1.54, 1.807) is 35.0 Å². The number of nitrogens with one attached hydrogen (secondary N) is 1. The van der Waals surface area contributed by atoms with E-state index in [2.05, 4.69) is 46.6 Å². The minimum Gasteiger partial charge on any atom is -0.325 e. The van der Waals surface area contributed by atoms with Gasteiger partial charge < -0.3 is 5.32 Å². The smallest absolute Gasteiger partial charge is 0.234 e. The summed E-state index contributed by atoms with van der Waals surface area (Å²) >= 11 is 7.26. The van der Waals surface area contributed by atoms with E-state index in [1.807, 2.05) is 12.3 Å². The van der Waals surface area contributed by atoms with Crippen molar-refractivity contribution >= 4 is 40.5 Å². The Morgan fingerprint density at radius 3 is 2.62 bits per heavy atom. The van der Waals surface area contributed by atoms with Crippen LogP contribution in [0.25, 0.3) is 16.8 Å². The summed E-state index contributed by atoms with van der Waals surface area (Å²) in [6, 6.07) is 17.5. The number of halogens is 1. The molecule has 29 heavy (non-hydrogen) atoms. The van der Waals surface area contributed by atoms with Crippen LogP contribution in [0, 0.1) is 0 Å². The highest BCUT2D eigenvalue weighted by atomic mass is 35.5. The van der Waals surface area contributed by atoms with Gasteiger partial charge >= 0.3 is 0 Å². The number of amides is 1. The van der Waals surface area contributed by atoms with Gasteiger partial charge in [0.1, 0.15) is 5.03 Å². The van der Waals surface area contributed by atoms with Gasteiger partial charge in [0, 0.05) is 28.7 Å². The standard InChI is InChI=1S/C22H19ClN4OS/c1-2-15-3-5-16(6-4-15)19-13-20-22(24-11-12-27(20)26-19)29-14-21(28)25-18-9-7-17(23)8-10-18/h3-13H,2,14H2,1H3,(H,25,28). The van der Waals surface area contributed by atoms with Crippen LogP contribution in [0.4, 0.5) is 5.69 Å². The van der Waals surface area contributed by atoms with Crippen molar-refractivity contribution in [3.8, 4) is 11.3 Å². The minimum absolute atomic E-state index is 0.101. The second-order valence-electron chi connectivity index (χ2n) is 6.49. The van der Waals surface area contributed by atoms with Crippen molar-refractivity contribution in [2.24, 2.45) is 0 Å². The van der Waals surface area contributed by atoms with Crippen molar-refractivity contribution in [1.82, 2.24) is 14.6 Å². The molecule has 0 fully saturated rings. The second kappa shape index (κ2) is 8.68. The van der Waals surface area contributed by atoms with Crippen LogP contribution in [0.5, 0.6) is 0 Å². The predicted octanol–water partition coefficient (Wildman–Crippen LogP) is 5.34. The molecule has 4 rings (SSSR count). The fourth-order valence-corrected chi connectivity index (χ4v) is 3.83. The van der Waals surface area contributed by atoms with Crippen molar-refractivity contribution in [2.45, 2.75) is 18.4 Å². The van der Waals surface area contributed by atoms with Crippen LogP contribution in [-0.4, -0.2) is 26.3 Å². The number of carbonyl (C=O) groups is 1. The highest BCUT2D eigenvalue weighted by Gasteiger charge is 2.11. The van der Waals surface area contributed by atoms with Crippen molar-refractivity contribution in [3.05, 3.63) is 77.6 Å². The van der Waals surface area contributed by atoms with E-state index in [9.17, 15) is 4.79 Å². The molecule has 0 aliphatic heterocycles. The number of hydrogen-bond acceptors (Lipinski definition) is 4. The third-order valence-electron chi connectivity index (χ3n) is 4.48. The maximum atomic E-state index is 12.3. The Bertz CT molecular complexity index is 1140. The van der Waals surface area contributed by atoms with Gasteiger partial charge in [0.2, 0.25) is 5.91 Å². The summed E-state index contributed by atoms with van der Waals surface area (Å²) in [6.45, 7) is 2.14. The molecule has 2 heterocycles. The lowest BCUT2D eigenvalue weighted by atomic mass is 10.1. The molecule has 0 saturated heterocycles. The molecule has 0 radical (unpaired) electrons. The Balaban J connectivity index is 1.49. The molecule has 0 aliphatic rings. The Hall–Kier alpha value is -2.83. The van der Waals surface area contributed by atoms with Gasteiger partial charge in [-0.25, -0.2) is 9.50 Å². The van der Waals surface area contributed by atoms with Gasteiger partial charge in [0.05, 0.1) is 17.0 Å². The number of rotatable bonds is 6. The number of carbonyl (C=O) groups excluding carboxylic acids is 1. The van der Waals surface area contributed by atoms with E-state index < -0.39 is 0 Å². The molecular weight excluding hydrogens is 404 g/mol. The first-order chi connectivity index (χ1) is 14.1. The molecule has 1 amide bonds. The Morgan fingerprint density at radius 2 is 1.90 bits per heavy atom. The highest BCUT2D eigenvalue weighted by molar-refractivity contribution is 8.00. The number of thioether (sulfide) groups is 1. The lowest BCUT2D eigenvalue weighted by molar-refractivity contribution is -0.113. The van der Waals surface area contributed by atoms with Gasteiger partial charge in [-0.2, -0.15) is 5.10 Å². The summed E-state index contributed by atoms with van der Waals surface area (Å²) in [7, 11) is 0. The molecule has 0 aliphatic carbocycles. The lowest BCUT2D eigenvalue weighted by Gasteiger charge is -2.05. The SMILES string of the molecule is CCc1ccc(-c2cc3c(SCC(=O)Nc4ccc(Cl)cc4)nccn3n2)cc1. The Morgan fingerprint density at radius 1 is 1.14 bits per heavy atom. The molecule has 7 heteroatoms. The van der Waals surface area contributed by atoms with E-state index in [-0.39, 0.29) is 11.7 Å². The third-order valence-corrected chi connectivity index (χ3v) is 5.73. The van der Waals surface area contributed by atoms with Crippen molar-refractivity contribution in [3.63, 3.8) is 0 Å². The van der Waals surface area contributed by atoms with Crippen LogP contribution in [0.3, 0.4) is 0 Å². The number of anilines is 1. The molecule has 1 N–H and O–H groups in total. The van der Waals surface area contributed by atoms with Crippen LogP contribution in [-0.2, 0) is 11.2 Å². The predicted molar refractivity (Wildman–Crippen MR) is 119 cm³/mol. The van der Waals surface area contributed by atoms with Crippen LogP contribution >= 0.6 is 23.4 Å². The number of fused-ring (bicyclic) bond motifs is 1. The van der Waals surface area contributed by atoms with E-state index in [0.29, 0.717) is 10.7 Å². The molecule has 146 valence electrons. The minimum atomic E-state index is -0.101. The fourth-order valence-electron chi connectivity index (χ4n) is 2.93. The Kier molecular flexibility index (Phi) is 5.83. The first-order valence-electron chi connectivity index (χ1n) is 9.24. The average Bonchev–Trinajstić information content (AvgIpc) is 3.19. The first-order valence-corrected chi connectivity index (χ1v) is 10.6. The molecule has 0 atom stereocenters. The molecule has 2 aromatic heterocycles. The van der Waals surface area contributed by atoms with Gasteiger partial charge in [-0.3, -0.25) is 4.79 Å². The number of nitrogens with zero attached hydrogens (tertiary/aromatic N) is 3. The molecule has 4 aromatic rings. The molecule has 0 bridgehead atoms. The summed E-state index contributed by atoms with van der Waals surface area (Å²) in [5, 5.41) is 8.91. The number of aromatic nitrogens is 3. The number of aryl methyl sites for hydroxylation is 1. The summed E-state index contributed by atoms with van der Waals surface area (Å²) in [6.07, 6.45) is 4.52. The Labute approximate surface area is 178 Å². The zero-order valence-electron chi connectivity index (χ0n) is 15.8. The largest absolute Gasteiger partial charge is 0.325 e. The van der Waals surface area contributed by atoms with E-state index in [0.717, 1.165) is 28.2 Å². The first kappa shape index (κ1) is 19.5. The van der Waals surface area contributed by atoms with E-state index in [1.165, 1.54) is 17.3 Å². The monoisotopic (exact) mass is 422 g/mol. The third kappa shape index (κ3) is 4.60. The summed E-state index contributed by atoms with van der Waals surface area (Å²) in [4.78, 5) is 16.7. The molecule has 0 unspecified atom stereocenters. The maximum absolute atomic E-state index is 12.3. The lowest BCUT2D eigenvalue weighted by Crippen LogP contribution is -2.14.